The van der Waals surface area contributed by atoms with E-state index < -0.39 is 29.4 Å². The highest BCUT2D eigenvalue weighted by Crippen LogP contribution is 2.22. The first kappa shape index (κ1) is 14.6. The molecule has 2 aromatic rings. The summed E-state index contributed by atoms with van der Waals surface area (Å²) in [5.41, 5.74) is -0.0984. The molecular weight excluding hydrogens is 284 g/mol. The fourth-order valence-electron chi connectivity index (χ4n) is 1.79. The molecule has 0 radical (unpaired) electrons. The first-order valence-electron chi connectivity index (χ1n) is 5.72. The van der Waals surface area contributed by atoms with E-state index in [0.717, 1.165) is 6.07 Å². The summed E-state index contributed by atoms with van der Waals surface area (Å²) in [5, 5.41) is 28.3. The van der Waals surface area contributed by atoms with Gasteiger partial charge in [-0.25, -0.2) is 4.79 Å². The van der Waals surface area contributed by atoms with Crippen LogP contribution in [0.2, 0.25) is 0 Å². The Kier molecular flexibility index (Phi) is 4.12. The number of thiol groups is 1. The molecule has 1 heterocycles. The number of carboxylic acids is 1. The molecule has 6 nitrogen and oxygen atoms in total. The summed E-state index contributed by atoms with van der Waals surface area (Å²) < 4.78 is 5.07. The number of benzene rings is 1. The lowest BCUT2D eigenvalue weighted by molar-refractivity contribution is 0.0338. The Balaban J connectivity index is 2.55. The number of aliphatic hydroxyl groups is 2. The highest BCUT2D eigenvalue weighted by molar-refractivity contribution is 7.80. The maximum absolute atomic E-state index is 11.8. The zero-order valence-corrected chi connectivity index (χ0v) is 11.1. The summed E-state index contributed by atoms with van der Waals surface area (Å²) in [5.74, 6) is -1.73. The number of aliphatic hydroxyl groups excluding tert-OH is 2. The molecule has 7 heteroatoms. The van der Waals surface area contributed by atoms with Gasteiger partial charge in [0.1, 0.15) is 11.7 Å². The minimum Gasteiger partial charge on any atom is -0.475 e. The van der Waals surface area contributed by atoms with Crippen molar-refractivity contribution in [2.75, 3.05) is 5.75 Å². The normalized spacial score (nSPS) is 14.2. The van der Waals surface area contributed by atoms with Gasteiger partial charge in [-0.1, -0.05) is 6.07 Å². The van der Waals surface area contributed by atoms with Crippen LogP contribution in [0.15, 0.2) is 33.5 Å². The van der Waals surface area contributed by atoms with Crippen LogP contribution in [0.1, 0.15) is 22.2 Å². The summed E-state index contributed by atoms with van der Waals surface area (Å²) in [4.78, 5) is 22.6. The molecule has 2 unspecified atom stereocenters. The molecular formula is C13H12O6S. The van der Waals surface area contributed by atoms with E-state index >= 15 is 0 Å². The number of hydrogen-bond acceptors (Lipinski definition) is 6. The minimum absolute atomic E-state index is 0.0613. The average molecular weight is 296 g/mol. The standard InChI is InChI=1S/C13H12O6S/c14-8-4-11(13(17)18)19-10-2-1-6(3-7(8)10)12(16)9(15)5-20/h1-4,9,12,15-16,20H,5H2,(H,17,18). The summed E-state index contributed by atoms with van der Waals surface area (Å²) in [7, 11) is 0. The van der Waals surface area contributed by atoms with Gasteiger partial charge in [-0.3, -0.25) is 4.79 Å². The molecule has 0 aliphatic heterocycles. The maximum Gasteiger partial charge on any atom is 0.371 e. The molecule has 1 aromatic heterocycles. The number of fused-ring (bicyclic) bond motifs is 1. The smallest absolute Gasteiger partial charge is 0.371 e. The van der Waals surface area contributed by atoms with Crippen LogP contribution >= 0.6 is 12.6 Å². The zero-order valence-electron chi connectivity index (χ0n) is 10.2. The van der Waals surface area contributed by atoms with Crippen molar-refractivity contribution in [3.05, 3.63) is 45.8 Å². The Bertz CT molecular complexity index is 708. The quantitative estimate of drug-likeness (QED) is 0.622. The van der Waals surface area contributed by atoms with E-state index in [1.165, 1.54) is 18.2 Å². The van der Waals surface area contributed by atoms with Crippen LogP contribution in [-0.2, 0) is 0 Å². The molecule has 0 aliphatic rings. The second-order valence-electron chi connectivity index (χ2n) is 4.23. The molecule has 3 N–H and O–H groups in total. The molecule has 0 spiro atoms. The summed E-state index contributed by atoms with van der Waals surface area (Å²) in [6, 6.07) is 5.07. The second kappa shape index (κ2) is 5.66. The zero-order chi connectivity index (χ0) is 14.9. The first-order valence-corrected chi connectivity index (χ1v) is 6.35. The third kappa shape index (κ3) is 2.69. The summed E-state index contributed by atoms with van der Waals surface area (Å²) in [6.45, 7) is 0. The lowest BCUT2D eigenvalue weighted by Crippen LogP contribution is -2.20. The van der Waals surface area contributed by atoms with Gasteiger partial charge in [-0.2, -0.15) is 12.6 Å². The van der Waals surface area contributed by atoms with Crippen LogP contribution in [0, 0.1) is 0 Å². The van der Waals surface area contributed by atoms with E-state index in [1.807, 2.05) is 0 Å². The molecule has 0 saturated heterocycles. The molecule has 0 fully saturated rings. The van der Waals surface area contributed by atoms with E-state index in [2.05, 4.69) is 12.6 Å². The molecule has 1 aromatic carbocycles. The fraction of sp³-hybridized carbons (Fsp3) is 0.231. The topological polar surface area (TPSA) is 108 Å². The van der Waals surface area contributed by atoms with Crippen molar-refractivity contribution in [1.29, 1.82) is 0 Å². The molecule has 0 aliphatic carbocycles. The third-order valence-corrected chi connectivity index (χ3v) is 3.23. The summed E-state index contributed by atoms with van der Waals surface area (Å²) >= 11 is 3.88. The molecule has 0 bridgehead atoms. The van der Waals surface area contributed by atoms with Crippen molar-refractivity contribution in [1.82, 2.24) is 0 Å². The minimum atomic E-state index is -1.33. The maximum atomic E-state index is 11.8. The van der Waals surface area contributed by atoms with Crippen molar-refractivity contribution in [3.63, 3.8) is 0 Å². The lowest BCUT2D eigenvalue weighted by Gasteiger charge is -2.16. The van der Waals surface area contributed by atoms with Crippen LogP contribution < -0.4 is 5.43 Å². The Hall–Kier alpha value is -1.83. The van der Waals surface area contributed by atoms with Crippen LogP contribution in [0.25, 0.3) is 11.0 Å². The van der Waals surface area contributed by atoms with Gasteiger partial charge in [-0.15, -0.1) is 0 Å². The van der Waals surface area contributed by atoms with Crippen molar-refractivity contribution in [2.24, 2.45) is 0 Å². The van der Waals surface area contributed by atoms with E-state index in [-0.39, 0.29) is 16.7 Å². The van der Waals surface area contributed by atoms with Crippen molar-refractivity contribution in [3.8, 4) is 0 Å². The number of aromatic carboxylic acids is 1. The lowest BCUT2D eigenvalue weighted by atomic mass is 10.0. The van der Waals surface area contributed by atoms with Gasteiger partial charge >= 0.3 is 5.97 Å². The highest BCUT2D eigenvalue weighted by Gasteiger charge is 2.18. The van der Waals surface area contributed by atoms with Gasteiger partial charge in [0, 0.05) is 11.8 Å². The summed E-state index contributed by atoms with van der Waals surface area (Å²) in [6.07, 6.45) is -2.25. The largest absolute Gasteiger partial charge is 0.475 e. The number of carboxylic acid groups (broad SMARTS) is 1. The number of hydrogen-bond donors (Lipinski definition) is 4. The van der Waals surface area contributed by atoms with Gasteiger partial charge < -0.3 is 19.7 Å². The van der Waals surface area contributed by atoms with Gasteiger partial charge in [0.2, 0.25) is 5.76 Å². The van der Waals surface area contributed by atoms with Crippen molar-refractivity contribution in [2.45, 2.75) is 12.2 Å². The number of carbonyl (C=O) groups is 1. The molecule has 2 rings (SSSR count). The molecule has 0 saturated carbocycles. The Labute approximate surface area is 118 Å². The first-order chi connectivity index (χ1) is 9.43. The van der Waals surface area contributed by atoms with Crippen molar-refractivity contribution >= 4 is 29.6 Å². The van der Waals surface area contributed by atoms with Gasteiger partial charge in [-0.05, 0) is 17.7 Å². The predicted molar refractivity (Wildman–Crippen MR) is 74.3 cm³/mol. The SMILES string of the molecule is O=C(O)c1cc(=O)c2cc(C(O)C(O)CS)ccc2o1. The third-order valence-electron chi connectivity index (χ3n) is 2.86. The predicted octanol–water partition coefficient (Wildman–Crippen LogP) is 0.815. The molecule has 20 heavy (non-hydrogen) atoms. The molecule has 106 valence electrons. The van der Waals surface area contributed by atoms with E-state index in [4.69, 9.17) is 9.52 Å². The monoisotopic (exact) mass is 296 g/mol. The van der Waals surface area contributed by atoms with Crippen LogP contribution in [-0.4, -0.2) is 33.1 Å². The van der Waals surface area contributed by atoms with Gasteiger partial charge in [0.15, 0.2) is 5.43 Å². The Morgan fingerprint density at radius 1 is 1.30 bits per heavy atom. The molecule has 0 amide bonds. The highest BCUT2D eigenvalue weighted by atomic mass is 32.1. The van der Waals surface area contributed by atoms with Gasteiger partial charge in [0.05, 0.1) is 11.5 Å². The second-order valence-corrected chi connectivity index (χ2v) is 4.60. The Morgan fingerprint density at radius 2 is 2.00 bits per heavy atom. The van der Waals surface area contributed by atoms with Crippen LogP contribution in [0.3, 0.4) is 0 Å². The Morgan fingerprint density at radius 3 is 2.60 bits per heavy atom. The van der Waals surface area contributed by atoms with Crippen LogP contribution in [0.4, 0.5) is 0 Å². The van der Waals surface area contributed by atoms with E-state index in [9.17, 15) is 19.8 Å². The van der Waals surface area contributed by atoms with E-state index in [1.54, 1.807) is 0 Å². The number of rotatable bonds is 4. The van der Waals surface area contributed by atoms with E-state index in [0.29, 0.717) is 5.56 Å². The fourth-order valence-corrected chi connectivity index (χ4v) is 1.98. The van der Waals surface area contributed by atoms with Crippen LogP contribution in [0.5, 0.6) is 0 Å². The molecule has 2 atom stereocenters. The van der Waals surface area contributed by atoms with Crippen molar-refractivity contribution < 1.29 is 24.5 Å². The van der Waals surface area contributed by atoms with Gasteiger partial charge in [0.25, 0.3) is 0 Å². The average Bonchev–Trinajstić information content (AvgIpc) is 2.45.